The Labute approximate surface area is 259 Å². The van der Waals surface area contributed by atoms with Crippen LogP contribution in [0.25, 0.3) is 32.8 Å². The molecule has 236 valence electrons. The lowest BCUT2D eigenvalue weighted by Gasteiger charge is -2.14. The quantitative estimate of drug-likeness (QED) is 0.130. The molecule has 1 aliphatic heterocycles. The van der Waals surface area contributed by atoms with E-state index >= 15 is 0 Å². The second-order valence-corrected chi connectivity index (χ2v) is 11.3. The first-order chi connectivity index (χ1) is 21.8. The van der Waals surface area contributed by atoms with Crippen LogP contribution in [-0.2, 0) is 35.6 Å². The third-order valence-corrected chi connectivity index (χ3v) is 8.27. The Morgan fingerprint density at radius 1 is 1.02 bits per heavy atom. The average molecular weight is 620 g/mol. The van der Waals surface area contributed by atoms with Gasteiger partial charge in [0, 0.05) is 40.7 Å². The minimum absolute atomic E-state index is 0.0984. The van der Waals surface area contributed by atoms with Crippen LogP contribution in [0.3, 0.4) is 0 Å². The van der Waals surface area contributed by atoms with Crippen LogP contribution in [-0.4, -0.2) is 46.3 Å². The first kappa shape index (κ1) is 30.7. The van der Waals surface area contributed by atoms with E-state index in [1.54, 1.807) is 13.8 Å². The van der Waals surface area contributed by atoms with Crippen molar-refractivity contribution in [1.82, 2.24) is 14.3 Å². The minimum Gasteiger partial charge on any atom is -0.493 e. The number of benzene rings is 3. The number of rotatable bonds is 8. The molecule has 10 heteroatoms. The van der Waals surface area contributed by atoms with Gasteiger partial charge in [-0.2, -0.15) is 18.3 Å². The van der Waals surface area contributed by atoms with Crippen LogP contribution in [0, 0.1) is 6.92 Å². The normalized spacial score (nSPS) is 13.9. The third-order valence-electron chi connectivity index (χ3n) is 8.27. The summed E-state index contributed by atoms with van der Waals surface area (Å²) < 4.78 is 61.1. The molecule has 45 heavy (non-hydrogen) atoms. The SMILES string of the molecule is CCOC(=O)c1c(CCCOc2cccc3ccccc23)c2cccc3c2n1CCCCOCc1nn(CC(F)(F)F)c(C)c1-3. The lowest BCUT2D eigenvalue weighted by Crippen LogP contribution is -2.19. The van der Waals surface area contributed by atoms with Crippen LogP contribution in [0.2, 0.25) is 0 Å². The van der Waals surface area contributed by atoms with Crippen molar-refractivity contribution in [2.24, 2.45) is 0 Å². The molecule has 0 spiro atoms. The topological polar surface area (TPSA) is 67.5 Å². The van der Waals surface area contributed by atoms with E-state index in [9.17, 15) is 18.0 Å². The molecule has 2 aromatic heterocycles. The summed E-state index contributed by atoms with van der Waals surface area (Å²) in [6, 6.07) is 19.8. The van der Waals surface area contributed by atoms with E-state index in [0.717, 1.165) is 56.1 Å². The van der Waals surface area contributed by atoms with E-state index in [1.807, 2.05) is 65.2 Å². The van der Waals surface area contributed by atoms with Gasteiger partial charge in [-0.25, -0.2) is 4.79 Å². The summed E-state index contributed by atoms with van der Waals surface area (Å²) in [6.07, 6.45) is -1.77. The van der Waals surface area contributed by atoms with Gasteiger partial charge in [-0.3, -0.25) is 4.68 Å². The number of hydrogen-bond donors (Lipinski definition) is 0. The van der Waals surface area contributed by atoms with Gasteiger partial charge < -0.3 is 18.8 Å². The van der Waals surface area contributed by atoms with Gasteiger partial charge in [0.05, 0.1) is 31.0 Å². The molecule has 1 aliphatic rings. The predicted octanol–water partition coefficient (Wildman–Crippen LogP) is 8.03. The Kier molecular flexibility index (Phi) is 8.85. The molecule has 6 rings (SSSR count). The van der Waals surface area contributed by atoms with Gasteiger partial charge in [-0.05, 0) is 56.5 Å². The molecule has 0 radical (unpaired) electrons. The van der Waals surface area contributed by atoms with Crippen LogP contribution < -0.4 is 4.74 Å². The van der Waals surface area contributed by atoms with Gasteiger partial charge in [0.1, 0.15) is 18.0 Å². The maximum absolute atomic E-state index is 13.6. The van der Waals surface area contributed by atoms with Gasteiger partial charge in [0.25, 0.3) is 0 Å². The summed E-state index contributed by atoms with van der Waals surface area (Å²) in [6.45, 7) is 3.95. The molecule has 0 amide bonds. The van der Waals surface area contributed by atoms with Crippen LogP contribution in [0.1, 0.15) is 53.6 Å². The number of alkyl halides is 3. The summed E-state index contributed by atoms with van der Waals surface area (Å²) >= 11 is 0. The molecular formula is C35H36F3N3O4. The Morgan fingerprint density at radius 2 is 1.80 bits per heavy atom. The van der Waals surface area contributed by atoms with Crippen LogP contribution >= 0.6 is 0 Å². The number of aromatic nitrogens is 3. The molecule has 0 bridgehead atoms. The Balaban J connectivity index is 1.43. The Bertz CT molecular complexity index is 1830. The fourth-order valence-electron chi connectivity index (χ4n) is 6.37. The number of aryl methyl sites for hydroxylation is 2. The average Bonchev–Trinajstić information content (AvgIpc) is 3.48. The van der Waals surface area contributed by atoms with E-state index in [-0.39, 0.29) is 13.2 Å². The number of halogens is 3. The first-order valence-electron chi connectivity index (χ1n) is 15.4. The lowest BCUT2D eigenvalue weighted by molar-refractivity contribution is -0.143. The largest absolute Gasteiger partial charge is 0.493 e. The molecule has 0 unspecified atom stereocenters. The number of nitrogens with zero attached hydrogens (tertiary/aromatic N) is 3. The number of carbonyl (C=O) groups excluding carboxylic acids is 1. The van der Waals surface area contributed by atoms with Crippen molar-refractivity contribution in [3.05, 3.63) is 83.3 Å². The monoisotopic (exact) mass is 619 g/mol. The smallest absolute Gasteiger partial charge is 0.408 e. The van der Waals surface area contributed by atoms with Crippen molar-refractivity contribution in [2.45, 2.75) is 65.4 Å². The second kappa shape index (κ2) is 13.0. The van der Waals surface area contributed by atoms with Gasteiger partial charge in [0.15, 0.2) is 0 Å². The fourth-order valence-corrected chi connectivity index (χ4v) is 6.37. The van der Waals surface area contributed by atoms with Gasteiger partial charge in [-0.15, -0.1) is 0 Å². The van der Waals surface area contributed by atoms with E-state index in [1.165, 1.54) is 0 Å². The van der Waals surface area contributed by atoms with E-state index in [2.05, 4.69) is 5.10 Å². The molecular weight excluding hydrogens is 583 g/mol. The molecule has 0 atom stereocenters. The molecule has 3 aromatic carbocycles. The maximum atomic E-state index is 13.6. The van der Waals surface area contributed by atoms with E-state index < -0.39 is 18.7 Å². The molecule has 0 N–H and O–H groups in total. The lowest BCUT2D eigenvalue weighted by atomic mass is 9.98. The number of esters is 1. The summed E-state index contributed by atoms with van der Waals surface area (Å²) in [5.41, 5.74) is 4.29. The number of fused-ring (bicyclic) bond motifs is 3. The number of hydrogen-bond acceptors (Lipinski definition) is 5. The van der Waals surface area contributed by atoms with E-state index in [0.29, 0.717) is 55.2 Å². The molecule has 0 aliphatic carbocycles. The molecule has 0 saturated carbocycles. The molecule has 5 aromatic rings. The summed E-state index contributed by atoms with van der Waals surface area (Å²) in [5, 5.41) is 7.37. The number of para-hydroxylation sites is 1. The molecule has 0 saturated heterocycles. The Hall–Kier alpha value is -4.31. The van der Waals surface area contributed by atoms with Crippen molar-refractivity contribution in [3.63, 3.8) is 0 Å². The standard InChI is InChI=1S/C35H36F3N3O4/c1-3-44-34(42)33-27(16-10-20-45-30-17-8-12-24-11-4-5-13-25(24)30)26-14-9-15-28-31-23(2)41(22-35(36,37)38)39-29(31)21-43-19-7-6-18-40(33)32(26)28/h4-5,8-9,11-15,17H,3,6-7,10,16,18-22H2,1-2H3. The zero-order chi connectivity index (χ0) is 31.6. The zero-order valence-electron chi connectivity index (χ0n) is 25.5. The van der Waals surface area contributed by atoms with Crippen LogP contribution in [0.15, 0.2) is 60.7 Å². The fraction of sp³-hybridized carbons (Fsp3) is 0.371. The predicted molar refractivity (Wildman–Crippen MR) is 167 cm³/mol. The minimum atomic E-state index is -4.43. The van der Waals surface area contributed by atoms with Crippen molar-refractivity contribution in [3.8, 4) is 16.9 Å². The molecule has 7 nitrogen and oxygen atoms in total. The van der Waals surface area contributed by atoms with Gasteiger partial charge in [-0.1, -0.05) is 54.6 Å². The van der Waals surface area contributed by atoms with Crippen molar-refractivity contribution in [1.29, 1.82) is 0 Å². The maximum Gasteiger partial charge on any atom is 0.408 e. The van der Waals surface area contributed by atoms with E-state index in [4.69, 9.17) is 14.2 Å². The highest BCUT2D eigenvalue weighted by atomic mass is 19.4. The highest BCUT2D eigenvalue weighted by Gasteiger charge is 2.32. The second-order valence-electron chi connectivity index (χ2n) is 11.3. The third kappa shape index (κ3) is 6.29. The number of ether oxygens (including phenoxy) is 3. The highest BCUT2D eigenvalue weighted by Crippen LogP contribution is 2.39. The van der Waals surface area contributed by atoms with Crippen LogP contribution in [0.4, 0.5) is 13.2 Å². The summed E-state index contributed by atoms with van der Waals surface area (Å²) in [5.74, 6) is 0.388. The Morgan fingerprint density at radius 3 is 2.62 bits per heavy atom. The van der Waals surface area contributed by atoms with Crippen molar-refractivity contribution in [2.75, 3.05) is 19.8 Å². The molecule has 3 heterocycles. The van der Waals surface area contributed by atoms with Crippen LogP contribution in [0.5, 0.6) is 5.75 Å². The van der Waals surface area contributed by atoms with Crippen molar-refractivity contribution < 1.29 is 32.2 Å². The summed E-state index contributed by atoms with van der Waals surface area (Å²) in [7, 11) is 0. The zero-order valence-corrected chi connectivity index (χ0v) is 25.5. The van der Waals surface area contributed by atoms with Gasteiger partial charge in [0.2, 0.25) is 0 Å². The summed E-state index contributed by atoms with van der Waals surface area (Å²) in [4.78, 5) is 13.6. The number of carbonyl (C=O) groups is 1. The molecule has 0 fully saturated rings. The highest BCUT2D eigenvalue weighted by molar-refractivity contribution is 6.05. The first-order valence-corrected chi connectivity index (χ1v) is 15.4. The van der Waals surface area contributed by atoms with Crippen molar-refractivity contribution >= 4 is 27.6 Å². The van der Waals surface area contributed by atoms with Gasteiger partial charge >= 0.3 is 12.1 Å².